The molecule has 0 aliphatic rings. The molecule has 3 heterocycles. The van der Waals surface area contributed by atoms with Gasteiger partial charge in [-0.05, 0) is 36.4 Å². The molecule has 0 atom stereocenters. The SMILES string of the molecule is O=C(Nc1cc(-c2ccoc2)nn1-c1ccccc1)c1cccc2ncccc12. The molecule has 3 aromatic heterocycles. The lowest BCUT2D eigenvalue weighted by molar-refractivity contribution is 0.102. The average Bonchev–Trinajstić information content (AvgIpc) is 3.44. The fraction of sp³-hybridized carbons (Fsp3) is 0. The number of fused-ring (bicyclic) bond motifs is 1. The Morgan fingerprint density at radius 3 is 2.69 bits per heavy atom. The van der Waals surface area contributed by atoms with Crippen molar-refractivity contribution < 1.29 is 9.21 Å². The van der Waals surface area contributed by atoms with Gasteiger partial charge in [-0.25, -0.2) is 4.68 Å². The molecular formula is C23H16N4O2. The number of hydrogen-bond donors (Lipinski definition) is 1. The second kappa shape index (κ2) is 7.09. The third-order valence-corrected chi connectivity index (χ3v) is 4.66. The number of carbonyl (C=O) groups excluding carboxylic acids is 1. The lowest BCUT2D eigenvalue weighted by Gasteiger charge is -2.10. The van der Waals surface area contributed by atoms with Gasteiger partial charge in [0.2, 0.25) is 0 Å². The normalized spacial score (nSPS) is 10.9. The molecule has 1 N–H and O–H groups in total. The van der Waals surface area contributed by atoms with Crippen molar-refractivity contribution in [1.82, 2.24) is 14.8 Å². The maximum absolute atomic E-state index is 13.1. The molecule has 0 aliphatic carbocycles. The minimum atomic E-state index is -0.223. The lowest BCUT2D eigenvalue weighted by atomic mass is 10.1. The van der Waals surface area contributed by atoms with Gasteiger partial charge in [-0.3, -0.25) is 9.78 Å². The Balaban J connectivity index is 1.57. The van der Waals surface area contributed by atoms with Crippen LogP contribution in [0.2, 0.25) is 0 Å². The van der Waals surface area contributed by atoms with E-state index >= 15 is 0 Å². The van der Waals surface area contributed by atoms with Crippen LogP contribution in [-0.4, -0.2) is 20.7 Å². The van der Waals surface area contributed by atoms with Crippen LogP contribution in [0.5, 0.6) is 0 Å². The van der Waals surface area contributed by atoms with E-state index in [1.54, 1.807) is 29.5 Å². The van der Waals surface area contributed by atoms with Gasteiger partial charge in [-0.1, -0.05) is 30.3 Å². The van der Waals surface area contributed by atoms with E-state index in [2.05, 4.69) is 15.4 Å². The van der Waals surface area contributed by atoms with Gasteiger partial charge in [-0.15, -0.1) is 0 Å². The molecule has 0 radical (unpaired) electrons. The first-order valence-electron chi connectivity index (χ1n) is 9.13. The summed E-state index contributed by atoms with van der Waals surface area (Å²) in [6.45, 7) is 0. The zero-order valence-corrected chi connectivity index (χ0v) is 15.3. The largest absolute Gasteiger partial charge is 0.472 e. The number of nitrogens with zero attached hydrogens (tertiary/aromatic N) is 3. The quantitative estimate of drug-likeness (QED) is 0.480. The van der Waals surface area contributed by atoms with Crippen LogP contribution in [0.15, 0.2) is 95.9 Å². The first kappa shape index (κ1) is 16.9. The third kappa shape index (κ3) is 3.17. The molecule has 140 valence electrons. The number of hydrogen-bond acceptors (Lipinski definition) is 4. The number of aromatic nitrogens is 3. The van der Waals surface area contributed by atoms with Crippen molar-refractivity contribution in [3.8, 4) is 16.9 Å². The first-order chi connectivity index (χ1) is 14.3. The minimum Gasteiger partial charge on any atom is -0.472 e. The maximum atomic E-state index is 13.1. The van der Waals surface area contributed by atoms with Crippen molar-refractivity contribution in [2.45, 2.75) is 0 Å². The van der Waals surface area contributed by atoms with E-state index < -0.39 is 0 Å². The molecule has 0 spiro atoms. The summed E-state index contributed by atoms with van der Waals surface area (Å²) in [7, 11) is 0. The summed E-state index contributed by atoms with van der Waals surface area (Å²) >= 11 is 0. The lowest BCUT2D eigenvalue weighted by Crippen LogP contribution is -2.15. The Hall–Kier alpha value is -4.19. The Kier molecular flexibility index (Phi) is 4.14. The summed E-state index contributed by atoms with van der Waals surface area (Å²) in [5.74, 6) is 0.345. The number of para-hydroxylation sites is 1. The van der Waals surface area contributed by atoms with E-state index in [1.807, 2.05) is 66.7 Å². The number of amides is 1. The van der Waals surface area contributed by atoms with Gasteiger partial charge in [0.25, 0.3) is 5.91 Å². The van der Waals surface area contributed by atoms with Crippen molar-refractivity contribution in [1.29, 1.82) is 0 Å². The fourth-order valence-corrected chi connectivity index (χ4v) is 3.27. The van der Waals surface area contributed by atoms with Gasteiger partial charge in [0.05, 0.1) is 29.4 Å². The first-order valence-corrected chi connectivity index (χ1v) is 9.13. The van der Waals surface area contributed by atoms with Gasteiger partial charge in [0, 0.05) is 28.8 Å². The van der Waals surface area contributed by atoms with E-state index in [0.717, 1.165) is 22.2 Å². The summed E-state index contributed by atoms with van der Waals surface area (Å²) in [6, 6.07) is 22.5. The smallest absolute Gasteiger partial charge is 0.257 e. The highest BCUT2D eigenvalue weighted by molar-refractivity contribution is 6.12. The van der Waals surface area contributed by atoms with E-state index in [4.69, 9.17) is 4.42 Å². The molecule has 0 bridgehead atoms. The second-order valence-corrected chi connectivity index (χ2v) is 6.50. The van der Waals surface area contributed by atoms with Crippen LogP contribution in [0.3, 0.4) is 0 Å². The van der Waals surface area contributed by atoms with Gasteiger partial charge in [0.15, 0.2) is 0 Å². The highest BCUT2D eigenvalue weighted by Crippen LogP contribution is 2.26. The Labute approximate surface area is 166 Å². The van der Waals surface area contributed by atoms with Crippen LogP contribution in [0, 0.1) is 0 Å². The monoisotopic (exact) mass is 380 g/mol. The standard InChI is InChI=1S/C23H16N4O2/c28-23(19-8-4-10-20-18(19)9-5-12-24-20)25-22-14-21(16-11-13-29-15-16)26-27(22)17-6-2-1-3-7-17/h1-15H,(H,25,28). The summed E-state index contributed by atoms with van der Waals surface area (Å²) in [5.41, 5.74) is 3.72. The summed E-state index contributed by atoms with van der Waals surface area (Å²) < 4.78 is 6.89. The fourth-order valence-electron chi connectivity index (χ4n) is 3.27. The summed E-state index contributed by atoms with van der Waals surface area (Å²) in [6.07, 6.45) is 4.93. The van der Waals surface area contributed by atoms with Crippen molar-refractivity contribution in [3.05, 3.63) is 97.1 Å². The molecule has 6 heteroatoms. The molecular weight excluding hydrogens is 364 g/mol. The van der Waals surface area contributed by atoms with Gasteiger partial charge in [-0.2, -0.15) is 5.10 Å². The Morgan fingerprint density at radius 2 is 1.86 bits per heavy atom. The third-order valence-electron chi connectivity index (χ3n) is 4.66. The van der Waals surface area contributed by atoms with Crippen LogP contribution in [0.1, 0.15) is 10.4 Å². The topological polar surface area (TPSA) is 73.0 Å². The number of anilines is 1. The molecule has 0 aliphatic heterocycles. The van der Waals surface area contributed by atoms with E-state index in [9.17, 15) is 4.79 Å². The number of pyridine rings is 1. The zero-order valence-electron chi connectivity index (χ0n) is 15.3. The minimum absolute atomic E-state index is 0.223. The molecule has 0 fully saturated rings. The summed E-state index contributed by atoms with van der Waals surface area (Å²) in [5, 5.41) is 8.46. The Morgan fingerprint density at radius 1 is 0.966 bits per heavy atom. The molecule has 5 aromatic rings. The summed E-state index contributed by atoms with van der Waals surface area (Å²) in [4.78, 5) is 17.4. The number of carbonyl (C=O) groups is 1. The van der Waals surface area contributed by atoms with Crippen LogP contribution >= 0.6 is 0 Å². The van der Waals surface area contributed by atoms with Gasteiger partial charge >= 0.3 is 0 Å². The average molecular weight is 380 g/mol. The number of benzene rings is 2. The van der Waals surface area contributed by atoms with Crippen molar-refractivity contribution in [2.75, 3.05) is 5.32 Å². The molecule has 5 rings (SSSR count). The van der Waals surface area contributed by atoms with E-state index in [0.29, 0.717) is 17.1 Å². The second-order valence-electron chi connectivity index (χ2n) is 6.50. The van der Waals surface area contributed by atoms with E-state index in [1.165, 1.54) is 0 Å². The molecule has 0 saturated heterocycles. The van der Waals surface area contributed by atoms with Crippen molar-refractivity contribution in [3.63, 3.8) is 0 Å². The predicted molar refractivity (Wildman–Crippen MR) is 111 cm³/mol. The maximum Gasteiger partial charge on any atom is 0.257 e. The van der Waals surface area contributed by atoms with Gasteiger partial charge in [0.1, 0.15) is 5.82 Å². The molecule has 0 unspecified atom stereocenters. The number of nitrogens with one attached hydrogen (secondary N) is 1. The predicted octanol–water partition coefficient (Wildman–Crippen LogP) is 4.93. The van der Waals surface area contributed by atoms with Crippen LogP contribution in [0.4, 0.5) is 5.82 Å². The Bertz CT molecular complexity index is 1290. The van der Waals surface area contributed by atoms with Crippen LogP contribution in [-0.2, 0) is 0 Å². The molecule has 1 amide bonds. The highest BCUT2D eigenvalue weighted by atomic mass is 16.3. The zero-order chi connectivity index (χ0) is 19.6. The number of rotatable bonds is 4. The van der Waals surface area contributed by atoms with Gasteiger partial charge < -0.3 is 9.73 Å². The molecule has 2 aromatic carbocycles. The van der Waals surface area contributed by atoms with Crippen molar-refractivity contribution >= 4 is 22.6 Å². The van der Waals surface area contributed by atoms with Crippen LogP contribution < -0.4 is 5.32 Å². The molecule has 6 nitrogen and oxygen atoms in total. The molecule has 29 heavy (non-hydrogen) atoms. The molecule has 0 saturated carbocycles. The highest BCUT2D eigenvalue weighted by Gasteiger charge is 2.16. The van der Waals surface area contributed by atoms with E-state index in [-0.39, 0.29) is 5.91 Å². The van der Waals surface area contributed by atoms with Crippen molar-refractivity contribution in [2.24, 2.45) is 0 Å². The number of furan rings is 1. The van der Waals surface area contributed by atoms with Crippen LogP contribution in [0.25, 0.3) is 27.8 Å².